The Hall–Kier alpha value is -0.800. The molecule has 3 heteroatoms. The maximum Gasteiger partial charge on any atom is 0.125 e. The number of hydrogen-bond donors (Lipinski definition) is 2. The van der Waals surface area contributed by atoms with E-state index in [1.165, 1.54) is 57.6 Å². The van der Waals surface area contributed by atoms with Crippen LogP contribution in [0.1, 0.15) is 98.8 Å². The second-order valence-electron chi connectivity index (χ2n) is 12.8. The number of allylic oxidation sites excluding steroid dienone is 2. The Bertz CT molecular complexity index is 711. The first-order valence-corrected chi connectivity index (χ1v) is 13.5. The van der Waals surface area contributed by atoms with Crippen LogP contribution in [-0.4, -0.2) is 16.5 Å². The molecule has 0 aliphatic heterocycles. The van der Waals surface area contributed by atoms with Gasteiger partial charge in [0.2, 0.25) is 0 Å². The molecule has 4 aliphatic carbocycles. The van der Waals surface area contributed by atoms with Crippen LogP contribution in [0.4, 0.5) is 0 Å². The third kappa shape index (κ3) is 4.22. The molecule has 0 aromatic carbocycles. The molecule has 32 heavy (non-hydrogen) atoms. The van der Waals surface area contributed by atoms with Gasteiger partial charge in [0.05, 0.1) is 6.10 Å². The second-order valence-corrected chi connectivity index (χ2v) is 12.8. The fraction of sp³-hybridized carbons (Fsp3) is 0.862. The molecule has 0 bridgehead atoms. The highest BCUT2D eigenvalue weighted by molar-refractivity contribution is 5.25. The van der Waals surface area contributed by atoms with Crippen molar-refractivity contribution in [1.82, 2.24) is 0 Å². The van der Waals surface area contributed by atoms with E-state index in [1.54, 1.807) is 5.57 Å². The molecule has 0 saturated heterocycles. The van der Waals surface area contributed by atoms with Crippen LogP contribution in [0.15, 0.2) is 24.0 Å². The fourth-order valence-corrected chi connectivity index (χ4v) is 9.06. The van der Waals surface area contributed by atoms with Crippen molar-refractivity contribution in [3.63, 3.8) is 0 Å². The third-order valence-corrected chi connectivity index (χ3v) is 11.0. The molecule has 9 atom stereocenters. The van der Waals surface area contributed by atoms with E-state index < -0.39 is 0 Å². The monoisotopic (exact) mass is 444 g/mol. The van der Waals surface area contributed by atoms with Crippen LogP contribution >= 0.6 is 0 Å². The largest absolute Gasteiger partial charge is 0.393 e. The second kappa shape index (κ2) is 9.45. The van der Waals surface area contributed by atoms with Gasteiger partial charge in [-0.15, -0.1) is 0 Å². The van der Waals surface area contributed by atoms with E-state index in [1.807, 2.05) is 6.08 Å². The molecule has 0 heterocycles. The summed E-state index contributed by atoms with van der Waals surface area (Å²) in [7, 11) is 0. The van der Waals surface area contributed by atoms with E-state index in [4.69, 9.17) is 5.26 Å². The van der Waals surface area contributed by atoms with Gasteiger partial charge in [-0.05, 0) is 123 Å². The van der Waals surface area contributed by atoms with Gasteiger partial charge in [-0.25, -0.2) is 5.26 Å². The molecule has 0 aromatic heterocycles. The van der Waals surface area contributed by atoms with E-state index in [2.05, 4.69) is 45.6 Å². The summed E-state index contributed by atoms with van der Waals surface area (Å²) < 4.78 is 0. The van der Waals surface area contributed by atoms with Gasteiger partial charge in [0.1, 0.15) is 6.26 Å². The quantitative estimate of drug-likeness (QED) is 0.184. The van der Waals surface area contributed by atoms with Crippen molar-refractivity contribution >= 4 is 0 Å². The van der Waals surface area contributed by atoms with Gasteiger partial charge < -0.3 is 9.99 Å². The SMILES string of the molecule is CC(C)C(/C=C\OO)CC[C@@H](C)[C@H]1CC[C@H]2[C@@H]3CC=C4C[C@@H](O)CC[C@]4(C)[C@H]3CC[C@]12C. The van der Waals surface area contributed by atoms with Crippen molar-refractivity contribution in [3.8, 4) is 0 Å². The molecule has 0 aromatic rings. The minimum Gasteiger partial charge on any atom is -0.393 e. The molecule has 182 valence electrons. The molecule has 4 rings (SSSR count). The molecule has 4 aliphatic rings. The fourth-order valence-electron chi connectivity index (χ4n) is 9.06. The van der Waals surface area contributed by atoms with Gasteiger partial charge in [-0.1, -0.05) is 46.3 Å². The Balaban J connectivity index is 1.45. The molecule has 1 unspecified atom stereocenters. The topological polar surface area (TPSA) is 49.7 Å². The lowest BCUT2D eigenvalue weighted by atomic mass is 9.47. The Morgan fingerprint density at radius 3 is 2.56 bits per heavy atom. The normalized spacial score (nSPS) is 43.4. The summed E-state index contributed by atoms with van der Waals surface area (Å²) in [5, 5.41) is 19.0. The summed E-state index contributed by atoms with van der Waals surface area (Å²) in [6, 6.07) is 0. The standard InChI is InChI=1S/C29H48O3/c1-19(2)21(14-17-32-31)7-6-20(3)25-10-11-26-24-9-8-22-18-23(30)12-15-28(22,4)27(24)13-16-29(25,26)5/h8,14,17,19-21,23-27,30-31H,6-7,9-13,15-16,18H2,1-5H3/b17-14-/t20-,21?,23+,24+,25-,26+,27+,28+,29-/m1/s1. The van der Waals surface area contributed by atoms with Gasteiger partial charge >= 0.3 is 0 Å². The molecule has 3 nitrogen and oxygen atoms in total. The van der Waals surface area contributed by atoms with Crippen LogP contribution in [0.25, 0.3) is 0 Å². The number of fused-ring (bicyclic) bond motifs is 5. The van der Waals surface area contributed by atoms with E-state index >= 15 is 0 Å². The van der Waals surface area contributed by atoms with Crippen LogP contribution in [0, 0.1) is 52.3 Å². The van der Waals surface area contributed by atoms with Gasteiger partial charge in [-0.3, -0.25) is 0 Å². The number of hydrogen-bond acceptors (Lipinski definition) is 3. The Morgan fingerprint density at radius 1 is 1.06 bits per heavy atom. The zero-order chi connectivity index (χ0) is 23.1. The predicted octanol–water partition coefficient (Wildman–Crippen LogP) is 7.62. The Kier molecular flexibility index (Phi) is 7.18. The summed E-state index contributed by atoms with van der Waals surface area (Å²) in [4.78, 5) is 4.22. The summed E-state index contributed by atoms with van der Waals surface area (Å²) in [5.74, 6) is 5.17. The number of aliphatic hydroxyl groups is 1. The van der Waals surface area contributed by atoms with E-state index in [-0.39, 0.29) is 6.10 Å². The van der Waals surface area contributed by atoms with Crippen LogP contribution in [-0.2, 0) is 4.89 Å². The summed E-state index contributed by atoms with van der Waals surface area (Å²) in [6.07, 6.45) is 18.3. The van der Waals surface area contributed by atoms with E-state index in [0.29, 0.717) is 22.7 Å². The van der Waals surface area contributed by atoms with Crippen molar-refractivity contribution in [3.05, 3.63) is 24.0 Å². The first-order valence-electron chi connectivity index (χ1n) is 13.5. The number of rotatable bonds is 7. The van der Waals surface area contributed by atoms with E-state index in [9.17, 15) is 5.11 Å². The first kappa shape index (κ1) is 24.3. The molecule has 3 fully saturated rings. The van der Waals surface area contributed by atoms with Crippen molar-refractivity contribution < 1.29 is 15.3 Å². The highest BCUT2D eigenvalue weighted by Crippen LogP contribution is 2.67. The third-order valence-electron chi connectivity index (χ3n) is 11.0. The zero-order valence-electron chi connectivity index (χ0n) is 21.2. The Labute approximate surface area is 196 Å². The molecule has 0 spiro atoms. The molecule has 2 N–H and O–H groups in total. The zero-order valence-corrected chi connectivity index (χ0v) is 21.2. The molecular formula is C29H48O3. The van der Waals surface area contributed by atoms with Crippen molar-refractivity contribution in [2.75, 3.05) is 0 Å². The van der Waals surface area contributed by atoms with E-state index in [0.717, 1.165) is 42.4 Å². The van der Waals surface area contributed by atoms with Gasteiger partial charge in [0.25, 0.3) is 0 Å². The summed E-state index contributed by atoms with van der Waals surface area (Å²) in [6.45, 7) is 12.2. The highest BCUT2D eigenvalue weighted by Gasteiger charge is 2.59. The first-order chi connectivity index (χ1) is 15.2. The van der Waals surface area contributed by atoms with Crippen molar-refractivity contribution in [2.24, 2.45) is 52.3 Å². The van der Waals surface area contributed by atoms with Crippen molar-refractivity contribution in [2.45, 2.75) is 105 Å². The van der Waals surface area contributed by atoms with Crippen LogP contribution in [0.3, 0.4) is 0 Å². The van der Waals surface area contributed by atoms with Crippen LogP contribution < -0.4 is 0 Å². The average Bonchev–Trinajstić information content (AvgIpc) is 3.11. The minimum atomic E-state index is -0.107. The number of aliphatic hydroxyl groups excluding tert-OH is 1. The summed E-state index contributed by atoms with van der Waals surface area (Å²) >= 11 is 0. The maximum atomic E-state index is 10.3. The minimum absolute atomic E-state index is 0.107. The molecule has 0 amide bonds. The molecule has 3 saturated carbocycles. The lowest BCUT2D eigenvalue weighted by molar-refractivity contribution is -0.187. The smallest absolute Gasteiger partial charge is 0.125 e. The van der Waals surface area contributed by atoms with Gasteiger partial charge in [0, 0.05) is 0 Å². The predicted molar refractivity (Wildman–Crippen MR) is 131 cm³/mol. The summed E-state index contributed by atoms with van der Waals surface area (Å²) in [5.41, 5.74) is 2.43. The molecular weight excluding hydrogens is 396 g/mol. The Morgan fingerprint density at radius 2 is 1.84 bits per heavy atom. The van der Waals surface area contributed by atoms with Crippen LogP contribution in [0.5, 0.6) is 0 Å². The van der Waals surface area contributed by atoms with Gasteiger partial charge in [0.15, 0.2) is 0 Å². The lowest BCUT2D eigenvalue weighted by Crippen LogP contribution is -2.50. The lowest BCUT2D eigenvalue weighted by Gasteiger charge is -2.58. The maximum absolute atomic E-state index is 10.3. The van der Waals surface area contributed by atoms with Crippen molar-refractivity contribution in [1.29, 1.82) is 0 Å². The van der Waals surface area contributed by atoms with Gasteiger partial charge in [-0.2, -0.15) is 0 Å². The average molecular weight is 445 g/mol. The molecule has 0 radical (unpaired) electrons. The van der Waals surface area contributed by atoms with Crippen LogP contribution in [0.2, 0.25) is 0 Å². The highest BCUT2D eigenvalue weighted by atomic mass is 17.1.